The molecule has 1 aliphatic carbocycles. The molecule has 1 aromatic rings. The largest absolute Gasteiger partial charge is 0.330 e. The molecule has 78 valence electrons. The smallest absolute Gasteiger partial charge is 0.0628 e. The standard InChI is InChI=1S/C11H19N3/c1-8(6-12)11-7-14(13-9(11)2)10-4-3-5-10/h7-8,10H,3-6,12H2,1-2H3. The fourth-order valence-corrected chi connectivity index (χ4v) is 1.94. The van der Waals surface area contributed by atoms with Gasteiger partial charge in [-0.1, -0.05) is 6.92 Å². The summed E-state index contributed by atoms with van der Waals surface area (Å²) in [7, 11) is 0. The van der Waals surface area contributed by atoms with E-state index in [0.29, 0.717) is 18.5 Å². The third-order valence-electron chi connectivity index (χ3n) is 3.29. The Morgan fingerprint density at radius 1 is 1.64 bits per heavy atom. The van der Waals surface area contributed by atoms with E-state index in [2.05, 4.69) is 29.8 Å². The molecule has 0 saturated heterocycles. The van der Waals surface area contributed by atoms with E-state index in [0.717, 1.165) is 5.69 Å². The minimum atomic E-state index is 0.434. The molecule has 1 heterocycles. The summed E-state index contributed by atoms with van der Waals surface area (Å²) in [6, 6.07) is 0.660. The second kappa shape index (κ2) is 3.73. The molecule has 1 atom stereocenters. The average Bonchev–Trinajstić information content (AvgIpc) is 2.43. The predicted molar refractivity (Wildman–Crippen MR) is 57.3 cm³/mol. The second-order valence-corrected chi connectivity index (χ2v) is 4.37. The Kier molecular flexibility index (Phi) is 2.59. The van der Waals surface area contributed by atoms with E-state index in [1.54, 1.807) is 0 Å². The Labute approximate surface area is 85.3 Å². The van der Waals surface area contributed by atoms with E-state index in [1.807, 2.05) is 0 Å². The molecule has 3 nitrogen and oxygen atoms in total. The van der Waals surface area contributed by atoms with Crippen LogP contribution in [0.1, 0.15) is 49.4 Å². The fraction of sp³-hybridized carbons (Fsp3) is 0.727. The van der Waals surface area contributed by atoms with E-state index in [9.17, 15) is 0 Å². The third kappa shape index (κ3) is 1.57. The van der Waals surface area contributed by atoms with Crippen LogP contribution in [-0.4, -0.2) is 16.3 Å². The Hall–Kier alpha value is -0.830. The van der Waals surface area contributed by atoms with Crippen LogP contribution in [0.5, 0.6) is 0 Å². The Morgan fingerprint density at radius 3 is 2.86 bits per heavy atom. The normalized spacial score (nSPS) is 19.4. The summed E-state index contributed by atoms with van der Waals surface area (Å²) < 4.78 is 2.14. The van der Waals surface area contributed by atoms with Gasteiger partial charge in [-0.25, -0.2) is 0 Å². The van der Waals surface area contributed by atoms with Crippen molar-refractivity contribution in [1.82, 2.24) is 9.78 Å². The number of nitrogens with two attached hydrogens (primary N) is 1. The van der Waals surface area contributed by atoms with Crippen molar-refractivity contribution in [3.8, 4) is 0 Å². The first-order valence-corrected chi connectivity index (χ1v) is 5.48. The van der Waals surface area contributed by atoms with Crippen molar-refractivity contribution < 1.29 is 0 Å². The summed E-state index contributed by atoms with van der Waals surface area (Å²) in [5.74, 6) is 0.434. The minimum absolute atomic E-state index is 0.434. The summed E-state index contributed by atoms with van der Waals surface area (Å²) in [4.78, 5) is 0. The highest BCUT2D eigenvalue weighted by Gasteiger charge is 2.22. The maximum Gasteiger partial charge on any atom is 0.0628 e. The lowest BCUT2D eigenvalue weighted by atomic mass is 9.93. The van der Waals surface area contributed by atoms with E-state index in [1.165, 1.54) is 24.8 Å². The monoisotopic (exact) mass is 193 g/mol. The van der Waals surface area contributed by atoms with Crippen LogP contribution in [0, 0.1) is 6.92 Å². The van der Waals surface area contributed by atoms with E-state index in [4.69, 9.17) is 5.73 Å². The van der Waals surface area contributed by atoms with Gasteiger partial charge >= 0.3 is 0 Å². The molecule has 0 amide bonds. The number of hydrogen-bond acceptors (Lipinski definition) is 2. The van der Waals surface area contributed by atoms with Crippen LogP contribution in [0.25, 0.3) is 0 Å². The van der Waals surface area contributed by atoms with E-state index < -0.39 is 0 Å². The minimum Gasteiger partial charge on any atom is -0.330 e. The van der Waals surface area contributed by atoms with Crippen LogP contribution in [0.2, 0.25) is 0 Å². The third-order valence-corrected chi connectivity index (χ3v) is 3.29. The van der Waals surface area contributed by atoms with Gasteiger partial charge in [0.1, 0.15) is 0 Å². The zero-order chi connectivity index (χ0) is 10.1. The van der Waals surface area contributed by atoms with Gasteiger partial charge in [-0.05, 0) is 44.2 Å². The van der Waals surface area contributed by atoms with Crippen molar-refractivity contribution in [1.29, 1.82) is 0 Å². The molecule has 1 aliphatic rings. The van der Waals surface area contributed by atoms with Gasteiger partial charge in [0.05, 0.1) is 11.7 Å². The number of hydrogen-bond donors (Lipinski definition) is 1. The molecule has 0 radical (unpaired) electrons. The van der Waals surface area contributed by atoms with Crippen molar-refractivity contribution in [3.05, 3.63) is 17.5 Å². The SMILES string of the molecule is Cc1nn(C2CCC2)cc1C(C)CN. The zero-order valence-electron chi connectivity index (χ0n) is 9.03. The molecule has 1 saturated carbocycles. The molecule has 0 aliphatic heterocycles. The van der Waals surface area contributed by atoms with Gasteiger partial charge in [0, 0.05) is 6.20 Å². The first kappa shape index (κ1) is 9.71. The highest BCUT2D eigenvalue weighted by atomic mass is 15.3. The number of rotatable bonds is 3. The van der Waals surface area contributed by atoms with Crippen LogP contribution in [0.15, 0.2) is 6.20 Å². The topological polar surface area (TPSA) is 43.8 Å². The lowest BCUT2D eigenvalue weighted by Crippen LogP contribution is -2.17. The van der Waals surface area contributed by atoms with Crippen molar-refractivity contribution >= 4 is 0 Å². The van der Waals surface area contributed by atoms with Gasteiger partial charge in [0.15, 0.2) is 0 Å². The molecular weight excluding hydrogens is 174 g/mol. The summed E-state index contributed by atoms with van der Waals surface area (Å²) in [5.41, 5.74) is 8.13. The van der Waals surface area contributed by atoms with Gasteiger partial charge in [-0.3, -0.25) is 4.68 Å². The summed E-state index contributed by atoms with van der Waals surface area (Å²) in [6.07, 6.45) is 6.12. The van der Waals surface area contributed by atoms with Gasteiger partial charge in [0.2, 0.25) is 0 Å². The highest BCUT2D eigenvalue weighted by Crippen LogP contribution is 2.32. The van der Waals surface area contributed by atoms with Crippen LogP contribution in [0.3, 0.4) is 0 Å². The van der Waals surface area contributed by atoms with Crippen LogP contribution >= 0.6 is 0 Å². The maximum atomic E-state index is 5.67. The molecule has 2 N–H and O–H groups in total. The van der Waals surface area contributed by atoms with E-state index >= 15 is 0 Å². The zero-order valence-corrected chi connectivity index (χ0v) is 9.03. The van der Waals surface area contributed by atoms with Crippen LogP contribution in [-0.2, 0) is 0 Å². The van der Waals surface area contributed by atoms with E-state index in [-0.39, 0.29) is 0 Å². The molecule has 0 aromatic carbocycles. The molecule has 2 rings (SSSR count). The molecule has 1 fully saturated rings. The van der Waals surface area contributed by atoms with Gasteiger partial charge < -0.3 is 5.73 Å². The molecule has 1 unspecified atom stereocenters. The Morgan fingerprint density at radius 2 is 2.36 bits per heavy atom. The van der Waals surface area contributed by atoms with Crippen LogP contribution in [0.4, 0.5) is 0 Å². The average molecular weight is 193 g/mol. The fourth-order valence-electron chi connectivity index (χ4n) is 1.94. The summed E-state index contributed by atoms with van der Waals surface area (Å²) in [6.45, 7) is 4.95. The second-order valence-electron chi connectivity index (χ2n) is 4.37. The Bertz CT molecular complexity index is 312. The van der Waals surface area contributed by atoms with Gasteiger partial charge in [-0.15, -0.1) is 0 Å². The van der Waals surface area contributed by atoms with Crippen molar-refractivity contribution in [3.63, 3.8) is 0 Å². The molecule has 0 spiro atoms. The molecular formula is C11H19N3. The lowest BCUT2D eigenvalue weighted by Gasteiger charge is -2.25. The number of aromatic nitrogens is 2. The molecule has 1 aromatic heterocycles. The molecule has 14 heavy (non-hydrogen) atoms. The molecule has 3 heteroatoms. The quantitative estimate of drug-likeness (QED) is 0.797. The molecule has 0 bridgehead atoms. The lowest BCUT2D eigenvalue weighted by molar-refractivity contribution is 0.288. The maximum absolute atomic E-state index is 5.67. The first-order chi connectivity index (χ1) is 6.72. The van der Waals surface area contributed by atoms with Crippen molar-refractivity contribution in [2.45, 2.75) is 45.1 Å². The van der Waals surface area contributed by atoms with Gasteiger partial charge in [-0.2, -0.15) is 5.10 Å². The van der Waals surface area contributed by atoms with Crippen molar-refractivity contribution in [2.75, 3.05) is 6.54 Å². The van der Waals surface area contributed by atoms with Gasteiger partial charge in [0.25, 0.3) is 0 Å². The Balaban J connectivity index is 2.20. The van der Waals surface area contributed by atoms with Crippen molar-refractivity contribution in [2.24, 2.45) is 5.73 Å². The van der Waals surface area contributed by atoms with Crippen LogP contribution < -0.4 is 5.73 Å². The summed E-state index contributed by atoms with van der Waals surface area (Å²) in [5, 5.41) is 4.56. The highest BCUT2D eigenvalue weighted by molar-refractivity contribution is 5.20. The number of nitrogens with zero attached hydrogens (tertiary/aromatic N) is 2. The first-order valence-electron chi connectivity index (χ1n) is 5.48. The summed E-state index contributed by atoms with van der Waals surface area (Å²) >= 11 is 0. The predicted octanol–water partition coefficient (Wildman–Crippen LogP) is 1.98. The number of aryl methyl sites for hydroxylation is 1.